The minimum Gasteiger partial charge on any atom is -0.476 e. The average Bonchev–Trinajstić information content (AvgIpc) is 2.84. The van der Waals surface area contributed by atoms with Crippen molar-refractivity contribution < 1.29 is 4.74 Å². The van der Waals surface area contributed by atoms with Gasteiger partial charge in [-0.3, -0.25) is 4.98 Å². The zero-order valence-corrected chi connectivity index (χ0v) is 12.0. The molecule has 0 spiro atoms. The van der Waals surface area contributed by atoms with Gasteiger partial charge in [-0.25, -0.2) is 9.97 Å². The average molecular weight is 278 g/mol. The summed E-state index contributed by atoms with van der Waals surface area (Å²) in [4.78, 5) is 14.0. The van der Waals surface area contributed by atoms with Crippen LogP contribution in [0.2, 0.25) is 0 Å². The summed E-state index contributed by atoms with van der Waals surface area (Å²) in [6, 6.07) is 0. The fourth-order valence-electron chi connectivity index (χ4n) is 1.58. The maximum atomic E-state index is 5.58. The standard InChI is InChI=1S/C13H18N4OS/c1-3-14-6-11-7-16-13(8-15-11)18-5-4-12-10(2)17-9-19-12/h7-9,14H,3-6H2,1-2H3. The molecule has 0 saturated carbocycles. The first-order chi connectivity index (χ1) is 9.29. The molecule has 2 aromatic rings. The van der Waals surface area contributed by atoms with Crippen LogP contribution in [0.4, 0.5) is 0 Å². The van der Waals surface area contributed by atoms with E-state index in [-0.39, 0.29) is 0 Å². The lowest BCUT2D eigenvalue weighted by Crippen LogP contribution is -2.13. The summed E-state index contributed by atoms with van der Waals surface area (Å²) in [7, 11) is 0. The normalized spacial score (nSPS) is 10.6. The third kappa shape index (κ3) is 4.25. The molecule has 5 nitrogen and oxygen atoms in total. The number of hydrogen-bond donors (Lipinski definition) is 1. The Kier molecular flexibility index (Phi) is 5.23. The molecule has 2 aromatic heterocycles. The Bertz CT molecular complexity index is 498. The summed E-state index contributed by atoms with van der Waals surface area (Å²) in [5.74, 6) is 0.572. The van der Waals surface area contributed by atoms with Crippen LogP contribution in [0.1, 0.15) is 23.2 Å². The lowest BCUT2D eigenvalue weighted by Gasteiger charge is -2.05. The third-order valence-corrected chi connectivity index (χ3v) is 3.66. The van der Waals surface area contributed by atoms with Crippen molar-refractivity contribution in [2.75, 3.05) is 13.2 Å². The second kappa shape index (κ2) is 7.16. The summed E-state index contributed by atoms with van der Waals surface area (Å²) >= 11 is 1.66. The number of aromatic nitrogens is 3. The molecule has 0 amide bonds. The van der Waals surface area contributed by atoms with Gasteiger partial charge in [-0.1, -0.05) is 6.92 Å². The quantitative estimate of drug-likeness (QED) is 0.839. The van der Waals surface area contributed by atoms with Gasteiger partial charge in [-0.05, 0) is 13.5 Å². The summed E-state index contributed by atoms with van der Waals surface area (Å²) in [5, 5.41) is 3.20. The molecule has 19 heavy (non-hydrogen) atoms. The molecule has 0 fully saturated rings. The van der Waals surface area contributed by atoms with E-state index in [1.807, 2.05) is 12.4 Å². The van der Waals surface area contributed by atoms with Gasteiger partial charge in [0.2, 0.25) is 5.88 Å². The van der Waals surface area contributed by atoms with Crippen LogP contribution < -0.4 is 10.1 Å². The predicted octanol–water partition coefficient (Wildman–Crippen LogP) is 1.97. The van der Waals surface area contributed by atoms with Crippen molar-refractivity contribution in [3.05, 3.63) is 34.2 Å². The van der Waals surface area contributed by atoms with Crippen molar-refractivity contribution in [2.24, 2.45) is 0 Å². The monoisotopic (exact) mass is 278 g/mol. The van der Waals surface area contributed by atoms with Crippen molar-refractivity contribution in [3.63, 3.8) is 0 Å². The molecule has 0 unspecified atom stereocenters. The van der Waals surface area contributed by atoms with E-state index in [2.05, 4.69) is 27.2 Å². The second-order valence-corrected chi connectivity index (χ2v) is 5.03. The second-order valence-electron chi connectivity index (χ2n) is 4.09. The van der Waals surface area contributed by atoms with Gasteiger partial charge >= 0.3 is 0 Å². The Hall–Kier alpha value is -1.53. The van der Waals surface area contributed by atoms with E-state index in [0.717, 1.165) is 30.9 Å². The van der Waals surface area contributed by atoms with Crippen LogP contribution >= 0.6 is 11.3 Å². The lowest BCUT2D eigenvalue weighted by molar-refractivity contribution is 0.308. The number of nitrogens with one attached hydrogen (secondary N) is 1. The van der Waals surface area contributed by atoms with Gasteiger partial charge in [0.25, 0.3) is 0 Å². The van der Waals surface area contributed by atoms with E-state index in [1.54, 1.807) is 23.7 Å². The SMILES string of the molecule is CCNCc1cnc(OCCc2scnc2C)cn1. The molecule has 0 aromatic carbocycles. The maximum Gasteiger partial charge on any atom is 0.232 e. The molecule has 0 radical (unpaired) electrons. The summed E-state index contributed by atoms with van der Waals surface area (Å²) in [6.07, 6.45) is 4.28. The highest BCUT2D eigenvalue weighted by Crippen LogP contribution is 2.13. The van der Waals surface area contributed by atoms with Gasteiger partial charge in [0.1, 0.15) is 0 Å². The van der Waals surface area contributed by atoms with E-state index in [1.165, 1.54) is 4.88 Å². The van der Waals surface area contributed by atoms with Crippen LogP contribution in [0.3, 0.4) is 0 Å². The minimum absolute atomic E-state index is 0.572. The molecule has 0 aliphatic heterocycles. The Balaban J connectivity index is 1.78. The largest absolute Gasteiger partial charge is 0.476 e. The van der Waals surface area contributed by atoms with Gasteiger partial charge in [-0.15, -0.1) is 11.3 Å². The highest BCUT2D eigenvalue weighted by Gasteiger charge is 2.03. The molecule has 1 N–H and O–H groups in total. The van der Waals surface area contributed by atoms with Crippen LogP contribution in [-0.4, -0.2) is 28.1 Å². The fraction of sp³-hybridized carbons (Fsp3) is 0.462. The van der Waals surface area contributed by atoms with E-state index in [0.29, 0.717) is 12.5 Å². The van der Waals surface area contributed by atoms with Crippen LogP contribution in [0.25, 0.3) is 0 Å². The first-order valence-corrected chi connectivity index (χ1v) is 7.21. The fourth-order valence-corrected chi connectivity index (χ4v) is 2.34. The molecular weight excluding hydrogens is 260 g/mol. The molecule has 0 atom stereocenters. The number of aryl methyl sites for hydroxylation is 1. The molecular formula is C13H18N4OS. The molecule has 0 aliphatic rings. The number of thiazole rings is 1. The van der Waals surface area contributed by atoms with Gasteiger partial charge in [0, 0.05) is 17.8 Å². The molecule has 102 valence electrons. The first-order valence-electron chi connectivity index (χ1n) is 6.33. The predicted molar refractivity (Wildman–Crippen MR) is 75.5 cm³/mol. The van der Waals surface area contributed by atoms with Crippen molar-refractivity contribution in [2.45, 2.75) is 26.8 Å². The van der Waals surface area contributed by atoms with Gasteiger partial charge in [-0.2, -0.15) is 0 Å². The van der Waals surface area contributed by atoms with Crippen molar-refractivity contribution in [3.8, 4) is 5.88 Å². The minimum atomic E-state index is 0.572. The Morgan fingerprint density at radius 3 is 2.79 bits per heavy atom. The van der Waals surface area contributed by atoms with Crippen LogP contribution in [0, 0.1) is 6.92 Å². The number of hydrogen-bond acceptors (Lipinski definition) is 6. The molecule has 0 saturated heterocycles. The summed E-state index contributed by atoms with van der Waals surface area (Å²) < 4.78 is 5.58. The zero-order valence-electron chi connectivity index (χ0n) is 11.2. The van der Waals surface area contributed by atoms with E-state index < -0.39 is 0 Å². The Morgan fingerprint density at radius 2 is 2.16 bits per heavy atom. The zero-order chi connectivity index (χ0) is 13.5. The van der Waals surface area contributed by atoms with E-state index in [4.69, 9.17) is 4.74 Å². The molecule has 2 rings (SSSR count). The van der Waals surface area contributed by atoms with Crippen LogP contribution in [0.5, 0.6) is 5.88 Å². The number of ether oxygens (including phenoxy) is 1. The maximum absolute atomic E-state index is 5.58. The molecule has 0 aliphatic carbocycles. The van der Waals surface area contributed by atoms with Crippen LogP contribution in [0.15, 0.2) is 17.9 Å². The topological polar surface area (TPSA) is 59.9 Å². The smallest absolute Gasteiger partial charge is 0.232 e. The third-order valence-electron chi connectivity index (χ3n) is 2.66. The number of nitrogens with zero attached hydrogens (tertiary/aromatic N) is 3. The van der Waals surface area contributed by atoms with Gasteiger partial charge in [0.05, 0.1) is 35.9 Å². The van der Waals surface area contributed by atoms with Crippen molar-refractivity contribution in [1.82, 2.24) is 20.3 Å². The Labute approximate surface area is 117 Å². The summed E-state index contributed by atoms with van der Waals surface area (Å²) in [5.41, 5.74) is 3.87. The van der Waals surface area contributed by atoms with Crippen LogP contribution in [-0.2, 0) is 13.0 Å². The lowest BCUT2D eigenvalue weighted by atomic mass is 10.3. The Morgan fingerprint density at radius 1 is 1.26 bits per heavy atom. The number of rotatable bonds is 7. The molecule has 2 heterocycles. The van der Waals surface area contributed by atoms with Crippen molar-refractivity contribution in [1.29, 1.82) is 0 Å². The highest BCUT2D eigenvalue weighted by molar-refractivity contribution is 7.09. The van der Waals surface area contributed by atoms with Crippen molar-refractivity contribution >= 4 is 11.3 Å². The molecule has 0 bridgehead atoms. The van der Waals surface area contributed by atoms with Gasteiger partial charge in [0.15, 0.2) is 0 Å². The summed E-state index contributed by atoms with van der Waals surface area (Å²) in [6.45, 7) is 6.34. The van der Waals surface area contributed by atoms with Gasteiger partial charge < -0.3 is 10.1 Å². The van der Waals surface area contributed by atoms with E-state index in [9.17, 15) is 0 Å². The molecule has 6 heteroatoms. The van der Waals surface area contributed by atoms with E-state index >= 15 is 0 Å². The highest BCUT2D eigenvalue weighted by atomic mass is 32.1. The first kappa shape index (κ1) is 13.9.